The Morgan fingerprint density at radius 3 is 2.79 bits per heavy atom. The maximum Gasteiger partial charge on any atom is 0.292 e. The summed E-state index contributed by atoms with van der Waals surface area (Å²) in [5, 5.41) is 13.9. The first kappa shape index (κ1) is 14.3. The van der Waals surface area contributed by atoms with Crippen molar-refractivity contribution in [3.63, 3.8) is 0 Å². The second-order valence-electron chi connectivity index (χ2n) is 4.52. The molecule has 0 bridgehead atoms. The first-order valence-corrected chi connectivity index (χ1v) is 8.40. The molecule has 0 aromatic heterocycles. The molecule has 0 amide bonds. The Labute approximate surface area is 119 Å². The van der Waals surface area contributed by atoms with E-state index in [9.17, 15) is 18.5 Å². The smallest absolute Gasteiger partial charge is 0.292 e. The van der Waals surface area contributed by atoms with Crippen molar-refractivity contribution in [2.75, 3.05) is 16.8 Å². The molecule has 0 saturated carbocycles. The first-order valence-electron chi connectivity index (χ1n) is 5.78. The Kier molecular flexibility index (Phi) is 4.10. The molecule has 0 radical (unpaired) electrons. The average Bonchev–Trinajstić information content (AvgIpc) is 2.27. The lowest BCUT2D eigenvalue weighted by Gasteiger charge is -2.23. The fourth-order valence-corrected chi connectivity index (χ4v) is 4.14. The Balaban J connectivity index is 2.23. The van der Waals surface area contributed by atoms with E-state index in [1.165, 1.54) is 6.07 Å². The number of nitrogens with zero attached hydrogens (tertiary/aromatic N) is 1. The monoisotopic (exact) mass is 348 g/mol. The summed E-state index contributed by atoms with van der Waals surface area (Å²) in [6.07, 6.45) is 1.28. The van der Waals surface area contributed by atoms with E-state index >= 15 is 0 Å². The van der Waals surface area contributed by atoms with Crippen LogP contribution in [0.1, 0.15) is 12.8 Å². The minimum atomic E-state index is -3.04. The molecular formula is C11H13BrN2O4S. The van der Waals surface area contributed by atoms with Crippen LogP contribution in [0.25, 0.3) is 0 Å². The average molecular weight is 349 g/mol. The normalized spacial score (nSPS) is 21.8. The van der Waals surface area contributed by atoms with Crippen LogP contribution in [-0.4, -0.2) is 30.9 Å². The van der Waals surface area contributed by atoms with E-state index in [1.54, 1.807) is 12.1 Å². The van der Waals surface area contributed by atoms with Crippen LogP contribution >= 0.6 is 15.9 Å². The lowest BCUT2D eigenvalue weighted by Crippen LogP contribution is -2.34. The van der Waals surface area contributed by atoms with Gasteiger partial charge in [0.2, 0.25) is 0 Å². The van der Waals surface area contributed by atoms with E-state index in [2.05, 4.69) is 21.2 Å². The van der Waals surface area contributed by atoms with Gasteiger partial charge in [-0.05, 0) is 25.0 Å². The van der Waals surface area contributed by atoms with Crippen LogP contribution < -0.4 is 5.32 Å². The van der Waals surface area contributed by atoms with E-state index < -0.39 is 14.8 Å². The molecule has 1 fully saturated rings. The largest absolute Gasteiger partial charge is 0.376 e. The van der Waals surface area contributed by atoms with Crippen molar-refractivity contribution in [2.45, 2.75) is 18.9 Å². The molecule has 1 aromatic carbocycles. The standard InChI is InChI=1S/C11H13BrN2O4S/c12-8-3-4-11(14(15)16)10(6-8)13-9-2-1-5-19(17,18)7-9/h3-4,6,9,13H,1-2,5,7H2. The lowest BCUT2D eigenvalue weighted by atomic mass is 10.1. The van der Waals surface area contributed by atoms with E-state index in [4.69, 9.17) is 0 Å². The molecule has 0 spiro atoms. The summed E-state index contributed by atoms with van der Waals surface area (Å²) >= 11 is 3.25. The first-order chi connectivity index (χ1) is 8.87. The molecule has 1 heterocycles. The maximum absolute atomic E-state index is 11.6. The summed E-state index contributed by atoms with van der Waals surface area (Å²) in [6, 6.07) is 4.30. The minimum absolute atomic E-state index is 0.0245. The van der Waals surface area contributed by atoms with Crippen molar-refractivity contribution in [2.24, 2.45) is 0 Å². The third-order valence-electron chi connectivity index (χ3n) is 2.98. The van der Waals surface area contributed by atoms with Crippen molar-refractivity contribution in [3.05, 3.63) is 32.8 Å². The van der Waals surface area contributed by atoms with Gasteiger partial charge < -0.3 is 5.32 Å². The third-order valence-corrected chi connectivity index (χ3v) is 5.29. The molecule has 1 atom stereocenters. The van der Waals surface area contributed by atoms with Crippen molar-refractivity contribution in [1.82, 2.24) is 0 Å². The van der Waals surface area contributed by atoms with Crippen LogP contribution in [0, 0.1) is 10.1 Å². The van der Waals surface area contributed by atoms with Crippen LogP contribution in [-0.2, 0) is 9.84 Å². The molecule has 1 unspecified atom stereocenters. The molecule has 1 saturated heterocycles. The van der Waals surface area contributed by atoms with Crippen LogP contribution in [0.5, 0.6) is 0 Å². The molecule has 6 nitrogen and oxygen atoms in total. The molecular weight excluding hydrogens is 336 g/mol. The van der Waals surface area contributed by atoms with Gasteiger partial charge in [-0.25, -0.2) is 8.42 Å². The van der Waals surface area contributed by atoms with Crippen molar-refractivity contribution >= 4 is 37.1 Å². The summed E-state index contributed by atoms with van der Waals surface area (Å²) in [6.45, 7) is 0. The summed E-state index contributed by atoms with van der Waals surface area (Å²) in [5.41, 5.74) is 0.299. The Hall–Kier alpha value is -1.15. The second-order valence-corrected chi connectivity index (χ2v) is 7.66. The Bertz CT molecular complexity index is 603. The highest BCUT2D eigenvalue weighted by Crippen LogP contribution is 2.29. The number of nitro benzene ring substituents is 1. The zero-order valence-corrected chi connectivity index (χ0v) is 12.4. The zero-order chi connectivity index (χ0) is 14.0. The highest BCUT2D eigenvalue weighted by atomic mass is 79.9. The maximum atomic E-state index is 11.6. The van der Waals surface area contributed by atoms with Crippen LogP contribution in [0.3, 0.4) is 0 Å². The predicted octanol–water partition coefficient (Wildman–Crippen LogP) is 2.35. The third kappa shape index (κ3) is 3.66. The highest BCUT2D eigenvalue weighted by molar-refractivity contribution is 9.10. The van der Waals surface area contributed by atoms with Crippen LogP contribution in [0.2, 0.25) is 0 Å². The number of halogens is 1. The van der Waals surface area contributed by atoms with Gasteiger partial charge in [0.15, 0.2) is 9.84 Å². The van der Waals surface area contributed by atoms with E-state index in [0.29, 0.717) is 23.0 Å². The molecule has 0 aliphatic carbocycles. The second kappa shape index (κ2) is 5.46. The van der Waals surface area contributed by atoms with Gasteiger partial charge in [-0.2, -0.15) is 0 Å². The quantitative estimate of drug-likeness (QED) is 0.668. The number of nitrogens with one attached hydrogen (secondary N) is 1. The summed E-state index contributed by atoms with van der Waals surface area (Å²) < 4.78 is 23.8. The molecule has 8 heteroatoms. The number of rotatable bonds is 3. The summed E-state index contributed by atoms with van der Waals surface area (Å²) in [4.78, 5) is 10.5. The van der Waals surface area contributed by atoms with Gasteiger partial charge in [0.25, 0.3) is 5.69 Å². The number of hydrogen-bond donors (Lipinski definition) is 1. The van der Waals surface area contributed by atoms with Crippen molar-refractivity contribution in [3.8, 4) is 0 Å². The van der Waals surface area contributed by atoms with Crippen LogP contribution in [0.15, 0.2) is 22.7 Å². The molecule has 1 aliphatic heterocycles. The molecule has 1 aromatic rings. The molecule has 19 heavy (non-hydrogen) atoms. The zero-order valence-electron chi connectivity index (χ0n) is 10.0. The van der Waals surface area contributed by atoms with Crippen LogP contribution in [0.4, 0.5) is 11.4 Å². The number of hydrogen-bond acceptors (Lipinski definition) is 5. The number of sulfone groups is 1. The van der Waals surface area contributed by atoms with E-state index in [0.717, 1.165) is 0 Å². The fourth-order valence-electron chi connectivity index (χ4n) is 2.14. The topological polar surface area (TPSA) is 89.3 Å². The minimum Gasteiger partial charge on any atom is -0.376 e. The van der Waals surface area contributed by atoms with Gasteiger partial charge in [-0.15, -0.1) is 0 Å². The van der Waals surface area contributed by atoms with Crippen molar-refractivity contribution in [1.29, 1.82) is 0 Å². The molecule has 104 valence electrons. The van der Waals surface area contributed by atoms with E-state index in [-0.39, 0.29) is 23.2 Å². The van der Waals surface area contributed by atoms with Gasteiger partial charge in [0.1, 0.15) is 5.69 Å². The fraction of sp³-hybridized carbons (Fsp3) is 0.455. The molecule has 1 aliphatic rings. The van der Waals surface area contributed by atoms with Gasteiger partial charge in [-0.1, -0.05) is 15.9 Å². The van der Waals surface area contributed by atoms with Crippen molar-refractivity contribution < 1.29 is 13.3 Å². The van der Waals surface area contributed by atoms with Gasteiger partial charge in [0, 0.05) is 16.6 Å². The van der Waals surface area contributed by atoms with Gasteiger partial charge in [-0.3, -0.25) is 10.1 Å². The van der Waals surface area contributed by atoms with Gasteiger partial charge in [0.05, 0.1) is 16.4 Å². The molecule has 2 rings (SSSR count). The number of anilines is 1. The van der Waals surface area contributed by atoms with Gasteiger partial charge >= 0.3 is 0 Å². The summed E-state index contributed by atoms with van der Waals surface area (Å²) in [5.74, 6) is 0.225. The van der Waals surface area contributed by atoms with E-state index in [1.807, 2.05) is 0 Å². The SMILES string of the molecule is O=[N+]([O-])c1ccc(Br)cc1NC1CCCS(=O)(=O)C1. The predicted molar refractivity (Wildman–Crippen MR) is 76.1 cm³/mol. The number of nitro groups is 1. The highest BCUT2D eigenvalue weighted by Gasteiger charge is 2.26. The molecule has 1 N–H and O–H groups in total. The lowest BCUT2D eigenvalue weighted by molar-refractivity contribution is -0.384. The Morgan fingerprint density at radius 2 is 2.16 bits per heavy atom. The Morgan fingerprint density at radius 1 is 1.42 bits per heavy atom. The summed E-state index contributed by atoms with van der Waals surface area (Å²) in [7, 11) is -3.04. The number of benzene rings is 1.